The molecule has 1 fully saturated rings. The summed E-state index contributed by atoms with van der Waals surface area (Å²) in [5.41, 5.74) is 6.96. The maximum Gasteiger partial charge on any atom is 0.219 e. The predicted octanol–water partition coefficient (Wildman–Crippen LogP) is 4.48. The van der Waals surface area contributed by atoms with Crippen molar-refractivity contribution >= 4 is 28.3 Å². The van der Waals surface area contributed by atoms with Gasteiger partial charge >= 0.3 is 0 Å². The Morgan fingerprint density at radius 3 is 2.55 bits per heavy atom. The number of amides is 1. The molecule has 1 unspecified atom stereocenters. The third-order valence-electron chi connectivity index (χ3n) is 8.26. The zero-order valence-corrected chi connectivity index (χ0v) is 23.1. The summed E-state index contributed by atoms with van der Waals surface area (Å²) in [5, 5.41) is 26.9. The van der Waals surface area contributed by atoms with E-state index in [1.807, 2.05) is 23.1 Å². The topological polar surface area (TPSA) is 96.5 Å². The van der Waals surface area contributed by atoms with Crippen LogP contribution in [0.1, 0.15) is 30.9 Å². The minimum Gasteiger partial charge on any atom is -0.390 e. The molecule has 1 aromatic heterocycles. The number of rotatable bonds is 8. The second-order valence-corrected chi connectivity index (χ2v) is 11.1. The Bertz CT molecular complexity index is 1460. The fourth-order valence-electron chi connectivity index (χ4n) is 6.01. The summed E-state index contributed by atoms with van der Waals surface area (Å²) in [7, 11) is 0. The lowest BCUT2D eigenvalue weighted by Gasteiger charge is -2.32. The number of hydrogen-bond donors (Lipinski definition) is 4. The van der Waals surface area contributed by atoms with Crippen molar-refractivity contribution in [1.29, 1.82) is 0 Å². The highest BCUT2D eigenvalue weighted by Crippen LogP contribution is 2.34. The molecule has 4 N–H and O–H groups in total. The summed E-state index contributed by atoms with van der Waals surface area (Å²) in [6, 6.07) is 23.6. The lowest BCUT2D eigenvalue weighted by Crippen LogP contribution is -2.41. The lowest BCUT2D eigenvalue weighted by molar-refractivity contribution is -0.129. The first-order chi connectivity index (χ1) is 19.5. The second kappa shape index (κ2) is 11.7. The number of aromatic amines is 1. The number of hydrogen-bond acceptors (Lipinski definition) is 6. The fraction of sp³-hybridized carbons (Fsp3) is 0.375. The number of aliphatic hydroxyl groups excluding tert-OH is 1. The van der Waals surface area contributed by atoms with Crippen LogP contribution in [-0.2, 0) is 17.8 Å². The molecule has 208 valence electrons. The molecule has 40 heavy (non-hydrogen) atoms. The number of carbonyl (C=O) groups is 1. The molecule has 1 atom stereocenters. The number of β-amino-alcohol motifs (C(OH)–C–C–N with tert-alkyl or cyclic N) is 1. The van der Waals surface area contributed by atoms with Gasteiger partial charge in [-0.05, 0) is 53.6 Å². The van der Waals surface area contributed by atoms with Crippen molar-refractivity contribution in [3.63, 3.8) is 0 Å². The summed E-state index contributed by atoms with van der Waals surface area (Å²) >= 11 is 0. The van der Waals surface area contributed by atoms with Crippen molar-refractivity contribution in [2.24, 2.45) is 0 Å². The van der Waals surface area contributed by atoms with Crippen LogP contribution in [-0.4, -0.2) is 75.9 Å². The number of nitrogens with zero attached hydrogens (tertiary/aromatic N) is 3. The van der Waals surface area contributed by atoms with Crippen LogP contribution in [0.5, 0.6) is 0 Å². The van der Waals surface area contributed by atoms with Gasteiger partial charge in [0.2, 0.25) is 5.91 Å². The van der Waals surface area contributed by atoms with E-state index in [0.29, 0.717) is 13.1 Å². The standard InChI is InChI=1S/C32H38N6O2/c1-22(39)38-15-12-27(13-16-38)34-30-18-26(23-7-3-2-4-8-23)17-29-31(30)35-36-32(29)33-19-28(40)21-37-14-11-24-9-5-6-10-25(24)20-37/h2-10,17-18,27-28,34,40H,11-16,19-21H2,1H3,(H2,33,35,36). The lowest BCUT2D eigenvalue weighted by atomic mass is 10.00. The number of aromatic nitrogens is 2. The highest BCUT2D eigenvalue weighted by molar-refractivity contribution is 6.01. The van der Waals surface area contributed by atoms with Gasteiger partial charge in [0, 0.05) is 57.6 Å². The second-order valence-electron chi connectivity index (χ2n) is 11.1. The Hall–Kier alpha value is -3.88. The van der Waals surface area contributed by atoms with Crippen molar-refractivity contribution in [2.45, 2.75) is 44.9 Å². The number of aliphatic hydroxyl groups is 1. The average molecular weight is 539 g/mol. The first kappa shape index (κ1) is 26.3. The normalized spacial score (nSPS) is 17.0. The number of H-pyrrole nitrogens is 1. The van der Waals surface area contributed by atoms with E-state index >= 15 is 0 Å². The minimum absolute atomic E-state index is 0.142. The minimum atomic E-state index is -0.515. The van der Waals surface area contributed by atoms with E-state index in [9.17, 15) is 9.90 Å². The van der Waals surface area contributed by atoms with Gasteiger partial charge in [0.1, 0.15) is 0 Å². The highest BCUT2D eigenvalue weighted by atomic mass is 16.3. The molecule has 1 amide bonds. The van der Waals surface area contributed by atoms with Crippen LogP contribution in [0.3, 0.4) is 0 Å². The number of piperidine rings is 1. The van der Waals surface area contributed by atoms with Gasteiger partial charge in [0.05, 0.1) is 17.3 Å². The van der Waals surface area contributed by atoms with Gasteiger partial charge in [-0.3, -0.25) is 14.8 Å². The van der Waals surface area contributed by atoms with Crippen LogP contribution < -0.4 is 10.6 Å². The Balaban J connectivity index is 1.18. The van der Waals surface area contributed by atoms with Gasteiger partial charge in [-0.25, -0.2) is 0 Å². The number of benzene rings is 3. The Kier molecular flexibility index (Phi) is 7.71. The van der Waals surface area contributed by atoms with Crippen molar-refractivity contribution in [3.05, 3.63) is 77.9 Å². The number of carbonyl (C=O) groups excluding carboxylic acids is 1. The first-order valence-corrected chi connectivity index (χ1v) is 14.3. The monoisotopic (exact) mass is 538 g/mol. The van der Waals surface area contributed by atoms with E-state index in [0.717, 1.165) is 79.0 Å². The van der Waals surface area contributed by atoms with Crippen LogP contribution >= 0.6 is 0 Å². The zero-order valence-electron chi connectivity index (χ0n) is 23.1. The fourth-order valence-corrected chi connectivity index (χ4v) is 6.01. The van der Waals surface area contributed by atoms with E-state index in [1.54, 1.807) is 6.92 Å². The zero-order chi connectivity index (χ0) is 27.5. The predicted molar refractivity (Wildman–Crippen MR) is 160 cm³/mol. The summed E-state index contributed by atoms with van der Waals surface area (Å²) in [6.45, 7) is 6.04. The molecule has 0 aliphatic carbocycles. The number of anilines is 2. The molecule has 2 aliphatic rings. The van der Waals surface area contributed by atoms with Crippen LogP contribution in [0.2, 0.25) is 0 Å². The molecule has 8 nitrogen and oxygen atoms in total. The summed E-state index contributed by atoms with van der Waals surface area (Å²) in [5.74, 6) is 0.883. The third-order valence-corrected chi connectivity index (χ3v) is 8.26. The van der Waals surface area contributed by atoms with E-state index in [-0.39, 0.29) is 11.9 Å². The first-order valence-electron chi connectivity index (χ1n) is 14.3. The van der Waals surface area contributed by atoms with Crippen molar-refractivity contribution in [1.82, 2.24) is 20.0 Å². The van der Waals surface area contributed by atoms with Crippen molar-refractivity contribution in [2.75, 3.05) is 43.4 Å². The van der Waals surface area contributed by atoms with Gasteiger partial charge in [-0.15, -0.1) is 0 Å². The number of fused-ring (bicyclic) bond motifs is 2. The highest BCUT2D eigenvalue weighted by Gasteiger charge is 2.23. The molecular weight excluding hydrogens is 500 g/mol. The van der Waals surface area contributed by atoms with Crippen molar-refractivity contribution in [3.8, 4) is 11.1 Å². The maximum atomic E-state index is 11.8. The molecule has 4 aromatic rings. The SMILES string of the molecule is CC(=O)N1CCC(Nc2cc(-c3ccccc3)cc3c(NCC(O)CN4CCc5ccccc5C4)n[nH]c23)CC1. The number of likely N-dealkylation sites (tertiary alicyclic amines) is 1. The van der Waals surface area contributed by atoms with Crippen LogP contribution in [0, 0.1) is 0 Å². The maximum absolute atomic E-state index is 11.8. The van der Waals surface area contributed by atoms with Gasteiger partial charge in [0.25, 0.3) is 0 Å². The molecule has 8 heteroatoms. The van der Waals surface area contributed by atoms with E-state index < -0.39 is 6.10 Å². The molecule has 6 rings (SSSR count). The van der Waals surface area contributed by atoms with Gasteiger partial charge < -0.3 is 20.6 Å². The average Bonchev–Trinajstić information content (AvgIpc) is 3.40. The molecule has 0 bridgehead atoms. The van der Waals surface area contributed by atoms with Crippen LogP contribution in [0.25, 0.3) is 22.0 Å². The molecule has 2 aliphatic heterocycles. The summed E-state index contributed by atoms with van der Waals surface area (Å²) in [4.78, 5) is 16.0. The largest absolute Gasteiger partial charge is 0.390 e. The Morgan fingerprint density at radius 2 is 1.77 bits per heavy atom. The van der Waals surface area contributed by atoms with E-state index in [1.165, 1.54) is 11.1 Å². The Morgan fingerprint density at radius 1 is 1.02 bits per heavy atom. The Labute approximate surface area is 235 Å². The summed E-state index contributed by atoms with van der Waals surface area (Å²) < 4.78 is 0. The van der Waals surface area contributed by atoms with Crippen molar-refractivity contribution < 1.29 is 9.90 Å². The molecule has 0 saturated carbocycles. The van der Waals surface area contributed by atoms with E-state index in [2.05, 4.69) is 74.3 Å². The molecule has 3 aromatic carbocycles. The number of nitrogens with one attached hydrogen (secondary N) is 3. The quantitative estimate of drug-likeness (QED) is 0.264. The van der Waals surface area contributed by atoms with Gasteiger partial charge in [-0.1, -0.05) is 54.6 Å². The van der Waals surface area contributed by atoms with Crippen LogP contribution in [0.4, 0.5) is 11.5 Å². The molecule has 1 saturated heterocycles. The van der Waals surface area contributed by atoms with E-state index in [4.69, 9.17) is 0 Å². The molecular formula is C32H38N6O2. The van der Waals surface area contributed by atoms with Crippen LogP contribution in [0.15, 0.2) is 66.7 Å². The molecule has 0 radical (unpaired) electrons. The summed E-state index contributed by atoms with van der Waals surface area (Å²) in [6.07, 6.45) is 2.32. The molecule has 3 heterocycles. The molecule has 0 spiro atoms. The van der Waals surface area contributed by atoms with Gasteiger partial charge in [0.15, 0.2) is 5.82 Å². The van der Waals surface area contributed by atoms with Gasteiger partial charge in [-0.2, -0.15) is 5.10 Å². The third kappa shape index (κ3) is 5.83. The smallest absolute Gasteiger partial charge is 0.219 e.